The number of nitrogens with zero attached hydrogens (tertiary/aromatic N) is 1. The third-order valence-electron chi connectivity index (χ3n) is 3.56. The van der Waals surface area contributed by atoms with Crippen LogP contribution in [0.5, 0.6) is 5.75 Å². The van der Waals surface area contributed by atoms with E-state index in [4.69, 9.17) is 9.84 Å². The topological polar surface area (TPSA) is 58.1 Å². The zero-order valence-corrected chi connectivity index (χ0v) is 13.8. The molecule has 108 valence electrons. The maximum absolute atomic E-state index is 9.02. The van der Waals surface area contributed by atoms with Crippen LogP contribution in [0.4, 0.5) is 0 Å². The number of nitrogens with one attached hydrogen (secondary N) is 1. The molecule has 5 heteroatoms. The molecule has 0 saturated carbocycles. The fourth-order valence-electron chi connectivity index (χ4n) is 2.41. The second-order valence-electron chi connectivity index (χ2n) is 4.84. The van der Waals surface area contributed by atoms with Gasteiger partial charge >= 0.3 is 0 Å². The summed E-state index contributed by atoms with van der Waals surface area (Å²) in [5.41, 5.74) is 5.38. The summed E-state index contributed by atoms with van der Waals surface area (Å²) in [6, 6.07) is 2.03. The molecule has 1 aromatic carbocycles. The smallest absolute Gasteiger partial charge is 0.122 e. The number of rotatable bonds is 4. The Morgan fingerprint density at radius 1 is 1.30 bits per heavy atom. The summed E-state index contributed by atoms with van der Waals surface area (Å²) in [6.45, 7) is 6.26. The second-order valence-corrected chi connectivity index (χ2v) is 5.63. The van der Waals surface area contributed by atoms with Gasteiger partial charge < -0.3 is 14.8 Å². The van der Waals surface area contributed by atoms with Gasteiger partial charge in [0.15, 0.2) is 0 Å². The number of benzene rings is 1. The Morgan fingerprint density at radius 3 is 2.60 bits per heavy atom. The molecule has 0 fully saturated rings. The maximum Gasteiger partial charge on any atom is 0.122 e. The molecule has 1 heterocycles. The van der Waals surface area contributed by atoms with Crippen molar-refractivity contribution in [1.29, 1.82) is 0 Å². The third-order valence-corrected chi connectivity index (χ3v) is 4.14. The van der Waals surface area contributed by atoms with Gasteiger partial charge in [-0.25, -0.2) is 4.98 Å². The molecule has 2 N–H and O–H groups in total. The highest BCUT2D eigenvalue weighted by Gasteiger charge is 2.17. The van der Waals surface area contributed by atoms with Gasteiger partial charge in [0.25, 0.3) is 0 Å². The molecular weight excluding hydrogens is 320 g/mol. The zero-order valence-electron chi connectivity index (χ0n) is 12.2. The first-order valence-corrected chi connectivity index (χ1v) is 7.29. The number of aliphatic hydroxyl groups is 1. The molecule has 0 radical (unpaired) electrons. The molecular formula is C15H19BrN2O2. The van der Waals surface area contributed by atoms with E-state index in [-0.39, 0.29) is 6.61 Å². The van der Waals surface area contributed by atoms with E-state index in [1.165, 1.54) is 0 Å². The highest BCUT2D eigenvalue weighted by atomic mass is 79.9. The van der Waals surface area contributed by atoms with Crippen LogP contribution in [0.15, 0.2) is 10.7 Å². The normalized spacial score (nSPS) is 10.9. The first-order valence-electron chi connectivity index (χ1n) is 6.50. The van der Waals surface area contributed by atoms with E-state index in [9.17, 15) is 0 Å². The van der Waals surface area contributed by atoms with Crippen molar-refractivity contribution in [2.24, 2.45) is 0 Å². The highest BCUT2D eigenvalue weighted by Crippen LogP contribution is 2.36. The molecule has 2 aromatic rings. The molecule has 0 aliphatic carbocycles. The van der Waals surface area contributed by atoms with Crippen molar-refractivity contribution in [2.75, 3.05) is 13.7 Å². The van der Waals surface area contributed by atoms with Crippen LogP contribution in [0.3, 0.4) is 0 Å². The second kappa shape index (κ2) is 5.97. The molecule has 0 spiro atoms. The third kappa shape index (κ3) is 2.60. The number of H-pyrrole nitrogens is 1. The van der Waals surface area contributed by atoms with Crippen LogP contribution >= 0.6 is 15.9 Å². The van der Waals surface area contributed by atoms with Crippen LogP contribution in [0.1, 0.15) is 22.5 Å². The van der Waals surface area contributed by atoms with Crippen LogP contribution in [-0.2, 0) is 6.42 Å². The van der Waals surface area contributed by atoms with Crippen molar-refractivity contribution in [3.8, 4) is 17.0 Å². The molecule has 0 saturated heterocycles. The van der Waals surface area contributed by atoms with Crippen molar-refractivity contribution in [3.05, 3.63) is 33.2 Å². The van der Waals surface area contributed by atoms with Crippen molar-refractivity contribution in [2.45, 2.75) is 27.2 Å². The first-order chi connectivity index (χ1) is 9.49. The summed E-state index contributed by atoms with van der Waals surface area (Å²) in [5.74, 6) is 1.67. The Kier molecular flexibility index (Phi) is 4.50. The minimum absolute atomic E-state index is 0.0823. The summed E-state index contributed by atoms with van der Waals surface area (Å²) in [5, 5.41) is 9.02. The van der Waals surface area contributed by atoms with Crippen molar-refractivity contribution in [1.82, 2.24) is 9.97 Å². The van der Waals surface area contributed by atoms with Gasteiger partial charge in [-0.3, -0.25) is 0 Å². The first kappa shape index (κ1) is 15.1. The number of hydrogen-bond acceptors (Lipinski definition) is 3. The SMILES string of the molecule is COc1cc(C)c(-c2nc(CCO)[nH]c2Br)c(C)c1C. The number of halogens is 1. The van der Waals surface area contributed by atoms with Crippen molar-refractivity contribution in [3.63, 3.8) is 0 Å². The number of hydrogen-bond donors (Lipinski definition) is 2. The van der Waals surface area contributed by atoms with Gasteiger partial charge in [-0.2, -0.15) is 0 Å². The Hall–Kier alpha value is -1.33. The fraction of sp³-hybridized carbons (Fsp3) is 0.400. The Bertz CT molecular complexity index is 635. The van der Waals surface area contributed by atoms with E-state index in [0.717, 1.165) is 44.1 Å². The zero-order chi connectivity index (χ0) is 14.9. The average molecular weight is 339 g/mol. The van der Waals surface area contributed by atoms with Crippen LogP contribution in [0, 0.1) is 20.8 Å². The fourth-order valence-corrected chi connectivity index (χ4v) is 2.93. The summed E-state index contributed by atoms with van der Waals surface area (Å²) < 4.78 is 6.24. The largest absolute Gasteiger partial charge is 0.496 e. The molecule has 0 unspecified atom stereocenters. The lowest BCUT2D eigenvalue weighted by Gasteiger charge is -2.15. The van der Waals surface area contributed by atoms with E-state index in [2.05, 4.69) is 39.7 Å². The summed E-state index contributed by atoms with van der Waals surface area (Å²) in [7, 11) is 1.69. The quantitative estimate of drug-likeness (QED) is 0.899. The number of methoxy groups -OCH3 is 1. The average Bonchev–Trinajstić information content (AvgIpc) is 2.75. The van der Waals surface area contributed by atoms with Gasteiger partial charge in [-0.05, 0) is 59.5 Å². The lowest BCUT2D eigenvalue weighted by molar-refractivity contribution is 0.297. The lowest BCUT2D eigenvalue weighted by atomic mass is 9.95. The van der Waals surface area contributed by atoms with Crippen LogP contribution in [-0.4, -0.2) is 28.8 Å². The molecule has 0 aliphatic heterocycles. The van der Waals surface area contributed by atoms with Crippen molar-refractivity contribution < 1.29 is 9.84 Å². The molecule has 0 aliphatic rings. The Balaban J connectivity index is 2.61. The number of aromatic nitrogens is 2. The van der Waals surface area contributed by atoms with E-state index < -0.39 is 0 Å². The van der Waals surface area contributed by atoms with Crippen LogP contribution < -0.4 is 4.74 Å². The number of aliphatic hydroxyl groups excluding tert-OH is 1. The number of imidazole rings is 1. The summed E-state index contributed by atoms with van der Waals surface area (Å²) in [4.78, 5) is 7.75. The van der Waals surface area contributed by atoms with E-state index in [0.29, 0.717) is 6.42 Å². The Labute approximate surface area is 127 Å². The van der Waals surface area contributed by atoms with E-state index >= 15 is 0 Å². The number of aromatic amines is 1. The van der Waals surface area contributed by atoms with Gasteiger partial charge in [0.05, 0.1) is 13.7 Å². The minimum atomic E-state index is 0.0823. The molecule has 4 nitrogen and oxygen atoms in total. The van der Waals surface area contributed by atoms with Crippen LogP contribution in [0.25, 0.3) is 11.3 Å². The van der Waals surface area contributed by atoms with E-state index in [1.807, 2.05) is 13.0 Å². The predicted molar refractivity (Wildman–Crippen MR) is 83.3 cm³/mol. The minimum Gasteiger partial charge on any atom is -0.496 e. The molecule has 0 amide bonds. The van der Waals surface area contributed by atoms with E-state index in [1.54, 1.807) is 7.11 Å². The maximum atomic E-state index is 9.02. The van der Waals surface area contributed by atoms with Gasteiger partial charge in [-0.1, -0.05) is 0 Å². The van der Waals surface area contributed by atoms with Gasteiger partial charge in [0, 0.05) is 12.0 Å². The predicted octanol–water partition coefficient (Wildman–Crippen LogP) is 3.31. The molecule has 0 bridgehead atoms. The summed E-state index contributed by atoms with van der Waals surface area (Å²) >= 11 is 3.52. The molecule has 2 rings (SSSR count). The number of ether oxygens (including phenoxy) is 1. The standard InChI is InChI=1S/C15H19BrN2O2/c1-8-7-11(20-4)9(2)10(3)13(8)14-15(16)18-12(17-14)5-6-19/h7,19H,5-6H2,1-4H3,(H,17,18). The monoisotopic (exact) mass is 338 g/mol. The summed E-state index contributed by atoms with van der Waals surface area (Å²) in [6.07, 6.45) is 0.520. The van der Waals surface area contributed by atoms with Crippen LogP contribution in [0.2, 0.25) is 0 Å². The number of aryl methyl sites for hydroxylation is 1. The molecule has 1 aromatic heterocycles. The van der Waals surface area contributed by atoms with Crippen molar-refractivity contribution >= 4 is 15.9 Å². The highest BCUT2D eigenvalue weighted by molar-refractivity contribution is 9.10. The molecule has 20 heavy (non-hydrogen) atoms. The Morgan fingerprint density at radius 2 is 2.00 bits per heavy atom. The van der Waals surface area contributed by atoms with Gasteiger partial charge in [0.2, 0.25) is 0 Å². The lowest BCUT2D eigenvalue weighted by Crippen LogP contribution is -1.97. The van der Waals surface area contributed by atoms with Gasteiger partial charge in [0.1, 0.15) is 21.9 Å². The van der Waals surface area contributed by atoms with Gasteiger partial charge in [-0.15, -0.1) is 0 Å². The molecule has 0 atom stereocenters.